The Kier molecular flexibility index (Phi) is 3.88. The minimum absolute atomic E-state index is 0.00844. The maximum atomic E-state index is 6.24. The molecule has 18 heavy (non-hydrogen) atoms. The maximum Gasteiger partial charge on any atom is 0.0994 e. The van der Waals surface area contributed by atoms with Gasteiger partial charge >= 0.3 is 0 Å². The molecule has 1 unspecified atom stereocenters. The SMILES string of the molecule is Cc1c(Br)cccc1-n1cncc1C(N)C(C)C. The molecule has 0 amide bonds. The van der Waals surface area contributed by atoms with Crippen LogP contribution in [0.1, 0.15) is 31.1 Å². The average Bonchev–Trinajstić information content (AvgIpc) is 2.80. The van der Waals surface area contributed by atoms with Crippen LogP contribution in [0, 0.1) is 12.8 Å². The summed E-state index contributed by atoms with van der Waals surface area (Å²) in [6, 6.07) is 6.14. The standard InChI is InChI=1S/C14H18BrN3/c1-9(2)14(16)13-7-17-8-18(13)12-6-4-5-11(15)10(12)3/h4-9,14H,16H2,1-3H3. The summed E-state index contributed by atoms with van der Waals surface area (Å²) in [5.41, 5.74) is 9.59. The first kappa shape index (κ1) is 13.3. The molecule has 0 radical (unpaired) electrons. The van der Waals surface area contributed by atoms with Gasteiger partial charge in [0.05, 0.1) is 23.9 Å². The van der Waals surface area contributed by atoms with Crippen molar-refractivity contribution < 1.29 is 0 Å². The molecule has 2 rings (SSSR count). The molecule has 96 valence electrons. The number of aromatic nitrogens is 2. The molecule has 0 aliphatic heterocycles. The van der Waals surface area contributed by atoms with Crippen molar-refractivity contribution >= 4 is 15.9 Å². The van der Waals surface area contributed by atoms with Crippen molar-refractivity contribution in [3.05, 3.63) is 46.5 Å². The Hall–Kier alpha value is -1.13. The monoisotopic (exact) mass is 307 g/mol. The van der Waals surface area contributed by atoms with Gasteiger partial charge in [-0.05, 0) is 30.5 Å². The van der Waals surface area contributed by atoms with E-state index >= 15 is 0 Å². The largest absolute Gasteiger partial charge is 0.322 e. The zero-order valence-electron chi connectivity index (χ0n) is 10.9. The van der Waals surface area contributed by atoms with E-state index in [0.717, 1.165) is 15.9 Å². The molecule has 0 saturated heterocycles. The molecule has 0 spiro atoms. The lowest BCUT2D eigenvalue weighted by Crippen LogP contribution is -2.20. The summed E-state index contributed by atoms with van der Waals surface area (Å²) in [7, 11) is 0. The fourth-order valence-corrected chi connectivity index (χ4v) is 2.31. The number of imidazole rings is 1. The Morgan fingerprint density at radius 2 is 2.06 bits per heavy atom. The molecule has 1 aromatic carbocycles. The summed E-state index contributed by atoms with van der Waals surface area (Å²) in [5, 5.41) is 0. The van der Waals surface area contributed by atoms with E-state index in [0.29, 0.717) is 5.92 Å². The first-order valence-corrected chi connectivity index (χ1v) is 6.85. The topological polar surface area (TPSA) is 43.8 Å². The third-order valence-electron chi connectivity index (χ3n) is 3.23. The van der Waals surface area contributed by atoms with Crippen molar-refractivity contribution in [1.82, 2.24) is 9.55 Å². The molecule has 1 aromatic heterocycles. The van der Waals surface area contributed by atoms with Crippen molar-refractivity contribution in [2.24, 2.45) is 11.7 Å². The van der Waals surface area contributed by atoms with E-state index in [9.17, 15) is 0 Å². The lowest BCUT2D eigenvalue weighted by Gasteiger charge is -2.19. The number of benzene rings is 1. The molecule has 1 heterocycles. The third kappa shape index (κ3) is 2.35. The van der Waals surface area contributed by atoms with Crippen molar-refractivity contribution in [3.8, 4) is 5.69 Å². The molecule has 1 atom stereocenters. The highest BCUT2D eigenvalue weighted by Crippen LogP contribution is 2.26. The third-order valence-corrected chi connectivity index (χ3v) is 4.08. The Balaban J connectivity index is 2.52. The Morgan fingerprint density at radius 1 is 1.33 bits per heavy atom. The van der Waals surface area contributed by atoms with E-state index in [1.54, 1.807) is 0 Å². The number of hydrogen-bond donors (Lipinski definition) is 1. The van der Waals surface area contributed by atoms with Gasteiger partial charge in [-0.2, -0.15) is 0 Å². The molecule has 2 N–H and O–H groups in total. The second-order valence-electron chi connectivity index (χ2n) is 4.84. The predicted molar refractivity (Wildman–Crippen MR) is 77.8 cm³/mol. The van der Waals surface area contributed by atoms with Crippen molar-refractivity contribution in [1.29, 1.82) is 0 Å². The molecule has 0 aliphatic rings. The van der Waals surface area contributed by atoms with Crippen LogP contribution in [0.3, 0.4) is 0 Å². The molecule has 0 saturated carbocycles. The summed E-state index contributed by atoms with van der Waals surface area (Å²) in [4.78, 5) is 4.24. The molecular formula is C14H18BrN3. The van der Waals surface area contributed by atoms with Crippen LogP contribution in [0.25, 0.3) is 5.69 Å². The van der Waals surface area contributed by atoms with E-state index in [4.69, 9.17) is 5.73 Å². The van der Waals surface area contributed by atoms with Gasteiger partial charge in [-0.3, -0.25) is 0 Å². The van der Waals surface area contributed by atoms with E-state index < -0.39 is 0 Å². The Bertz CT molecular complexity index is 546. The van der Waals surface area contributed by atoms with E-state index in [-0.39, 0.29) is 6.04 Å². The van der Waals surface area contributed by atoms with Crippen LogP contribution in [0.5, 0.6) is 0 Å². The number of rotatable bonds is 3. The summed E-state index contributed by atoms with van der Waals surface area (Å²) in [6.07, 6.45) is 3.68. The van der Waals surface area contributed by atoms with Gasteiger partial charge < -0.3 is 10.3 Å². The van der Waals surface area contributed by atoms with Crippen LogP contribution < -0.4 is 5.73 Å². The Labute approximate surface area is 116 Å². The highest BCUT2D eigenvalue weighted by molar-refractivity contribution is 9.10. The molecule has 2 aromatic rings. The first-order chi connectivity index (χ1) is 8.52. The second-order valence-corrected chi connectivity index (χ2v) is 5.70. The maximum absolute atomic E-state index is 6.24. The molecule has 0 fully saturated rings. The number of halogens is 1. The minimum Gasteiger partial charge on any atom is -0.322 e. The lowest BCUT2D eigenvalue weighted by atomic mass is 10.0. The molecule has 0 aliphatic carbocycles. The predicted octanol–water partition coefficient (Wildman–Crippen LogP) is 3.60. The zero-order chi connectivity index (χ0) is 13.3. The van der Waals surface area contributed by atoms with Crippen LogP contribution in [0.2, 0.25) is 0 Å². The summed E-state index contributed by atoms with van der Waals surface area (Å²) < 4.78 is 3.17. The van der Waals surface area contributed by atoms with Gasteiger partial charge in [0.15, 0.2) is 0 Å². The van der Waals surface area contributed by atoms with Crippen LogP contribution in [0.15, 0.2) is 35.2 Å². The highest BCUT2D eigenvalue weighted by Gasteiger charge is 2.17. The second kappa shape index (κ2) is 5.24. The average molecular weight is 308 g/mol. The van der Waals surface area contributed by atoms with Crippen LogP contribution in [-0.2, 0) is 0 Å². The van der Waals surface area contributed by atoms with Crippen LogP contribution in [0.4, 0.5) is 0 Å². The van der Waals surface area contributed by atoms with E-state index in [2.05, 4.69) is 52.3 Å². The van der Waals surface area contributed by atoms with Gasteiger partial charge in [0.25, 0.3) is 0 Å². The van der Waals surface area contributed by atoms with E-state index in [1.165, 1.54) is 5.56 Å². The highest BCUT2D eigenvalue weighted by atomic mass is 79.9. The van der Waals surface area contributed by atoms with Crippen molar-refractivity contribution in [3.63, 3.8) is 0 Å². The Morgan fingerprint density at radius 3 is 2.72 bits per heavy atom. The molecule has 3 nitrogen and oxygen atoms in total. The fourth-order valence-electron chi connectivity index (χ4n) is 1.95. The smallest absolute Gasteiger partial charge is 0.0994 e. The number of nitrogens with zero attached hydrogens (tertiary/aromatic N) is 2. The quantitative estimate of drug-likeness (QED) is 0.941. The molecular weight excluding hydrogens is 290 g/mol. The van der Waals surface area contributed by atoms with E-state index in [1.807, 2.05) is 24.7 Å². The van der Waals surface area contributed by atoms with Crippen molar-refractivity contribution in [2.45, 2.75) is 26.8 Å². The number of hydrogen-bond acceptors (Lipinski definition) is 2. The fraction of sp³-hybridized carbons (Fsp3) is 0.357. The van der Waals surface area contributed by atoms with Gasteiger partial charge in [0.1, 0.15) is 0 Å². The minimum atomic E-state index is -0.00844. The van der Waals surface area contributed by atoms with Crippen LogP contribution in [-0.4, -0.2) is 9.55 Å². The summed E-state index contributed by atoms with van der Waals surface area (Å²) in [5.74, 6) is 0.382. The summed E-state index contributed by atoms with van der Waals surface area (Å²) in [6.45, 7) is 6.33. The van der Waals surface area contributed by atoms with Gasteiger partial charge in [0.2, 0.25) is 0 Å². The first-order valence-electron chi connectivity index (χ1n) is 6.05. The van der Waals surface area contributed by atoms with Gasteiger partial charge in [-0.15, -0.1) is 0 Å². The molecule has 4 heteroatoms. The zero-order valence-corrected chi connectivity index (χ0v) is 12.5. The number of nitrogens with two attached hydrogens (primary N) is 1. The van der Waals surface area contributed by atoms with Crippen LogP contribution >= 0.6 is 15.9 Å². The van der Waals surface area contributed by atoms with Crippen molar-refractivity contribution in [2.75, 3.05) is 0 Å². The van der Waals surface area contributed by atoms with Gasteiger partial charge in [-0.25, -0.2) is 4.98 Å². The lowest BCUT2D eigenvalue weighted by molar-refractivity contribution is 0.497. The molecule has 0 bridgehead atoms. The normalized spacial score (nSPS) is 13.0. The van der Waals surface area contributed by atoms with Gasteiger partial charge in [0, 0.05) is 10.5 Å². The summed E-state index contributed by atoms with van der Waals surface area (Å²) >= 11 is 3.56. The van der Waals surface area contributed by atoms with Gasteiger partial charge in [-0.1, -0.05) is 35.8 Å².